The van der Waals surface area contributed by atoms with Gasteiger partial charge in [0.05, 0.1) is 12.0 Å². The maximum atomic E-state index is 13.1. The van der Waals surface area contributed by atoms with E-state index in [4.69, 9.17) is 9.94 Å². The van der Waals surface area contributed by atoms with Gasteiger partial charge in [-0.05, 0) is 49.4 Å². The molecule has 2 rings (SSSR count). The van der Waals surface area contributed by atoms with Gasteiger partial charge in [-0.15, -0.1) is 0 Å². The molecule has 1 aromatic carbocycles. The number of amides is 2. The number of carbonyl (C=O) groups is 2. The van der Waals surface area contributed by atoms with E-state index in [0.717, 1.165) is 10.7 Å². The van der Waals surface area contributed by atoms with E-state index in [9.17, 15) is 18.0 Å². The zero-order valence-electron chi connectivity index (χ0n) is 16.9. The number of hydrogen-bond donors (Lipinski definition) is 3. The third-order valence-corrected chi connectivity index (χ3v) is 6.87. The van der Waals surface area contributed by atoms with E-state index in [2.05, 4.69) is 5.32 Å². The van der Waals surface area contributed by atoms with E-state index in [1.54, 1.807) is 5.48 Å². The van der Waals surface area contributed by atoms with Crippen LogP contribution in [0.25, 0.3) is 0 Å². The fourth-order valence-corrected chi connectivity index (χ4v) is 4.89. The number of hydrogen-bond acceptors (Lipinski definition) is 6. The van der Waals surface area contributed by atoms with Crippen LogP contribution in [0.1, 0.15) is 39.5 Å². The van der Waals surface area contributed by atoms with Gasteiger partial charge in [0.15, 0.2) is 0 Å². The molecule has 0 aromatic heterocycles. The predicted molar refractivity (Wildman–Crippen MR) is 106 cm³/mol. The number of carbonyl (C=O) groups excluding carboxylic acids is 2. The number of piperidine rings is 1. The number of benzene rings is 1. The van der Waals surface area contributed by atoms with Crippen molar-refractivity contribution >= 4 is 21.8 Å². The van der Waals surface area contributed by atoms with E-state index in [-0.39, 0.29) is 29.8 Å². The molecule has 0 radical (unpaired) electrons. The van der Waals surface area contributed by atoms with Gasteiger partial charge in [0.1, 0.15) is 11.8 Å². The lowest BCUT2D eigenvalue weighted by molar-refractivity contribution is -0.135. The zero-order valence-corrected chi connectivity index (χ0v) is 17.7. The first-order valence-electron chi connectivity index (χ1n) is 9.58. The summed E-state index contributed by atoms with van der Waals surface area (Å²) in [7, 11) is -2.49. The van der Waals surface area contributed by atoms with Crippen LogP contribution in [0.4, 0.5) is 0 Å². The molecule has 9 nitrogen and oxygen atoms in total. The number of sulfonamides is 1. The van der Waals surface area contributed by atoms with Crippen molar-refractivity contribution in [1.82, 2.24) is 15.1 Å². The van der Waals surface area contributed by atoms with E-state index in [1.807, 2.05) is 13.8 Å². The number of ether oxygens (including phenoxy) is 1. The van der Waals surface area contributed by atoms with Crippen molar-refractivity contribution in [3.8, 4) is 5.75 Å². The van der Waals surface area contributed by atoms with Crippen LogP contribution in [0, 0.1) is 5.92 Å². The average molecular weight is 428 g/mol. The fourth-order valence-electron chi connectivity index (χ4n) is 3.28. The molecule has 1 aromatic rings. The summed E-state index contributed by atoms with van der Waals surface area (Å²) >= 11 is 0. The number of nitrogens with one attached hydrogen (secondary N) is 2. The highest BCUT2D eigenvalue weighted by Gasteiger charge is 2.41. The Morgan fingerprint density at radius 2 is 1.93 bits per heavy atom. The van der Waals surface area contributed by atoms with E-state index in [1.165, 1.54) is 31.4 Å². The van der Waals surface area contributed by atoms with Crippen LogP contribution in [-0.2, 0) is 19.6 Å². The quantitative estimate of drug-likeness (QED) is 0.424. The molecule has 0 spiro atoms. The van der Waals surface area contributed by atoms with Gasteiger partial charge in [-0.2, -0.15) is 4.31 Å². The van der Waals surface area contributed by atoms with Crippen LogP contribution in [0.2, 0.25) is 0 Å². The lowest BCUT2D eigenvalue weighted by atomic mass is 9.98. The Labute approximate surface area is 171 Å². The van der Waals surface area contributed by atoms with Crippen molar-refractivity contribution in [2.24, 2.45) is 5.92 Å². The molecule has 162 valence electrons. The number of hydroxylamine groups is 1. The molecule has 0 bridgehead atoms. The number of rotatable bonds is 8. The van der Waals surface area contributed by atoms with Gasteiger partial charge in [0.2, 0.25) is 15.9 Å². The first kappa shape index (κ1) is 23.1. The van der Waals surface area contributed by atoms with Crippen LogP contribution in [0.15, 0.2) is 29.2 Å². The zero-order chi connectivity index (χ0) is 21.6. The summed E-state index contributed by atoms with van der Waals surface area (Å²) in [6.07, 6.45) is 1.57. The molecule has 2 amide bonds. The van der Waals surface area contributed by atoms with Gasteiger partial charge >= 0.3 is 0 Å². The third kappa shape index (κ3) is 5.91. The van der Waals surface area contributed by atoms with Gasteiger partial charge in [-0.1, -0.05) is 13.8 Å². The Hall–Kier alpha value is -2.17. The number of nitrogens with zero attached hydrogens (tertiary/aromatic N) is 1. The summed E-state index contributed by atoms with van der Waals surface area (Å²) in [4.78, 5) is 24.3. The number of methoxy groups -OCH3 is 1. The maximum absolute atomic E-state index is 13.1. The Morgan fingerprint density at radius 3 is 2.48 bits per heavy atom. The van der Waals surface area contributed by atoms with Crippen LogP contribution in [0.3, 0.4) is 0 Å². The topological polar surface area (TPSA) is 125 Å². The molecule has 1 aliphatic rings. The maximum Gasteiger partial charge on any atom is 0.261 e. The first-order valence-corrected chi connectivity index (χ1v) is 11.0. The minimum Gasteiger partial charge on any atom is -0.497 e. The van der Waals surface area contributed by atoms with Crippen molar-refractivity contribution in [2.75, 3.05) is 13.7 Å². The molecule has 1 heterocycles. The van der Waals surface area contributed by atoms with E-state index < -0.39 is 22.0 Å². The smallest absolute Gasteiger partial charge is 0.261 e. The SMILES string of the molecule is COc1ccc(S(=O)(=O)N2CC[C@H](NC(=O)CCC(C)C)C[C@H]2C(=O)NO)cc1. The molecule has 2 atom stereocenters. The van der Waals surface area contributed by atoms with Crippen molar-refractivity contribution in [2.45, 2.75) is 56.5 Å². The second kappa shape index (κ2) is 10.0. The standard InChI is InChI=1S/C19H29N3O6S/c1-13(2)4-9-18(23)20-14-10-11-22(17(12-14)19(24)21-25)29(26,27)16-7-5-15(28-3)6-8-16/h5-8,13-14,17,25H,4,9-12H2,1-3H3,(H,20,23)(H,21,24)/t14-,17-/m0/s1. The van der Waals surface area contributed by atoms with Crippen molar-refractivity contribution in [3.63, 3.8) is 0 Å². The van der Waals surface area contributed by atoms with Crippen molar-refractivity contribution in [1.29, 1.82) is 0 Å². The van der Waals surface area contributed by atoms with Crippen molar-refractivity contribution < 1.29 is 28.0 Å². The van der Waals surface area contributed by atoms with Crippen LogP contribution in [0.5, 0.6) is 5.75 Å². The van der Waals surface area contributed by atoms with Crippen LogP contribution in [-0.4, -0.2) is 55.5 Å². The molecule has 1 saturated heterocycles. The second-order valence-electron chi connectivity index (χ2n) is 7.50. The molecule has 29 heavy (non-hydrogen) atoms. The molecule has 3 N–H and O–H groups in total. The largest absolute Gasteiger partial charge is 0.497 e. The summed E-state index contributed by atoms with van der Waals surface area (Å²) in [6.45, 7) is 4.09. The lowest BCUT2D eigenvalue weighted by Gasteiger charge is -2.37. The molecule has 0 aliphatic carbocycles. The highest BCUT2D eigenvalue weighted by molar-refractivity contribution is 7.89. The summed E-state index contributed by atoms with van der Waals surface area (Å²) in [6, 6.07) is 4.38. The molecule has 0 saturated carbocycles. The Morgan fingerprint density at radius 1 is 1.28 bits per heavy atom. The molecular formula is C19H29N3O6S. The molecule has 1 fully saturated rings. The van der Waals surface area contributed by atoms with Gasteiger partial charge in [-0.3, -0.25) is 14.8 Å². The average Bonchev–Trinajstić information content (AvgIpc) is 2.71. The first-order chi connectivity index (χ1) is 13.7. The Kier molecular flexibility index (Phi) is 8.00. The molecule has 0 unspecified atom stereocenters. The van der Waals surface area contributed by atoms with Crippen LogP contribution >= 0.6 is 0 Å². The lowest BCUT2D eigenvalue weighted by Crippen LogP contribution is -2.56. The van der Waals surface area contributed by atoms with Crippen molar-refractivity contribution in [3.05, 3.63) is 24.3 Å². The van der Waals surface area contributed by atoms with Gasteiger partial charge in [0.25, 0.3) is 5.91 Å². The normalized spacial score (nSPS) is 20.3. The van der Waals surface area contributed by atoms with Crippen LogP contribution < -0.4 is 15.5 Å². The molecule has 1 aliphatic heterocycles. The summed E-state index contributed by atoms with van der Waals surface area (Å²) < 4.78 is 32.2. The van der Waals surface area contributed by atoms with E-state index in [0.29, 0.717) is 24.5 Å². The molecular weight excluding hydrogens is 398 g/mol. The predicted octanol–water partition coefficient (Wildman–Crippen LogP) is 1.27. The molecule has 10 heteroatoms. The minimum atomic E-state index is -3.97. The highest BCUT2D eigenvalue weighted by Crippen LogP contribution is 2.27. The Balaban J connectivity index is 2.16. The second-order valence-corrected chi connectivity index (χ2v) is 9.40. The minimum absolute atomic E-state index is 0.0217. The highest BCUT2D eigenvalue weighted by atomic mass is 32.2. The third-order valence-electron chi connectivity index (χ3n) is 4.95. The fraction of sp³-hybridized carbons (Fsp3) is 0.579. The Bertz CT molecular complexity index is 810. The monoisotopic (exact) mass is 427 g/mol. The summed E-state index contributed by atoms with van der Waals surface area (Å²) in [5, 5.41) is 12.0. The van der Waals surface area contributed by atoms with Gasteiger partial charge < -0.3 is 10.1 Å². The van der Waals surface area contributed by atoms with E-state index >= 15 is 0 Å². The van der Waals surface area contributed by atoms with Gasteiger partial charge in [0, 0.05) is 19.0 Å². The summed E-state index contributed by atoms with van der Waals surface area (Å²) in [5.74, 6) is -0.0527. The summed E-state index contributed by atoms with van der Waals surface area (Å²) in [5.41, 5.74) is 1.54. The van der Waals surface area contributed by atoms with Gasteiger partial charge in [-0.25, -0.2) is 13.9 Å².